The Morgan fingerprint density at radius 1 is 1.50 bits per heavy atom. The molecule has 1 saturated carbocycles. The van der Waals surface area contributed by atoms with Gasteiger partial charge in [-0.25, -0.2) is 9.67 Å². The van der Waals surface area contributed by atoms with Crippen LogP contribution in [0.4, 0.5) is 0 Å². The van der Waals surface area contributed by atoms with Crippen LogP contribution in [0.2, 0.25) is 0 Å². The third kappa shape index (κ3) is 3.01. The van der Waals surface area contributed by atoms with Crippen molar-refractivity contribution in [1.82, 2.24) is 30.2 Å². The van der Waals surface area contributed by atoms with Crippen molar-refractivity contribution in [3.05, 3.63) is 54.3 Å². The molecule has 3 aromatic heterocycles. The van der Waals surface area contributed by atoms with E-state index in [4.69, 9.17) is 4.52 Å². The number of carbonyl (C=O) groups excluding carboxylic acids is 1. The highest BCUT2D eigenvalue weighted by atomic mass is 16.5. The van der Waals surface area contributed by atoms with Gasteiger partial charge in [-0.2, -0.15) is 10.1 Å². The molecular formula is C18H18N6O2. The van der Waals surface area contributed by atoms with Crippen LogP contribution in [0.15, 0.2) is 41.7 Å². The first-order valence-electron chi connectivity index (χ1n) is 8.41. The summed E-state index contributed by atoms with van der Waals surface area (Å²) in [7, 11) is 0. The molecule has 4 rings (SSSR count). The van der Waals surface area contributed by atoms with E-state index in [-0.39, 0.29) is 5.91 Å². The fraction of sp³-hybridized carbons (Fsp3) is 0.278. The molecule has 0 bridgehead atoms. The number of amides is 1. The molecule has 0 aliphatic heterocycles. The van der Waals surface area contributed by atoms with E-state index >= 15 is 0 Å². The molecule has 132 valence electrons. The van der Waals surface area contributed by atoms with Gasteiger partial charge in [-0.15, -0.1) is 6.58 Å². The van der Waals surface area contributed by atoms with E-state index in [1.165, 1.54) is 6.20 Å². The zero-order valence-electron chi connectivity index (χ0n) is 14.3. The largest absolute Gasteiger partial charge is 0.348 e. The van der Waals surface area contributed by atoms with Crippen molar-refractivity contribution in [1.29, 1.82) is 0 Å². The zero-order chi connectivity index (χ0) is 18.1. The van der Waals surface area contributed by atoms with Crippen LogP contribution in [0, 0.1) is 6.92 Å². The summed E-state index contributed by atoms with van der Waals surface area (Å²) < 4.78 is 6.98. The third-order valence-corrected chi connectivity index (χ3v) is 4.26. The van der Waals surface area contributed by atoms with Crippen LogP contribution >= 0.6 is 0 Å². The number of hydrogen-bond donors (Lipinski definition) is 1. The number of hydrogen-bond acceptors (Lipinski definition) is 6. The van der Waals surface area contributed by atoms with Crippen LogP contribution in [-0.4, -0.2) is 37.4 Å². The molecular weight excluding hydrogens is 332 g/mol. The van der Waals surface area contributed by atoms with Gasteiger partial charge in [-0.3, -0.25) is 4.79 Å². The molecule has 1 aliphatic carbocycles. The monoisotopic (exact) mass is 350 g/mol. The van der Waals surface area contributed by atoms with E-state index in [1.54, 1.807) is 17.0 Å². The molecule has 0 unspecified atom stereocenters. The highest BCUT2D eigenvalue weighted by Gasteiger charge is 2.29. The molecule has 1 amide bonds. The second-order valence-corrected chi connectivity index (χ2v) is 6.19. The number of nitrogens with zero attached hydrogens (tertiary/aromatic N) is 5. The van der Waals surface area contributed by atoms with Gasteiger partial charge >= 0.3 is 0 Å². The Labute approximate surface area is 149 Å². The van der Waals surface area contributed by atoms with E-state index < -0.39 is 0 Å². The van der Waals surface area contributed by atoms with E-state index in [0.29, 0.717) is 35.4 Å². The van der Waals surface area contributed by atoms with Crippen molar-refractivity contribution >= 4 is 5.91 Å². The second-order valence-electron chi connectivity index (χ2n) is 6.19. The first kappa shape index (κ1) is 16.2. The van der Waals surface area contributed by atoms with Gasteiger partial charge in [0.25, 0.3) is 11.8 Å². The lowest BCUT2D eigenvalue weighted by Crippen LogP contribution is -2.23. The number of rotatable bonds is 6. The second kappa shape index (κ2) is 6.55. The van der Waals surface area contributed by atoms with Crippen molar-refractivity contribution in [2.24, 2.45) is 0 Å². The molecule has 1 N–H and O–H groups in total. The maximum absolute atomic E-state index is 12.2. The quantitative estimate of drug-likeness (QED) is 0.686. The fourth-order valence-corrected chi connectivity index (χ4v) is 2.65. The van der Waals surface area contributed by atoms with Gasteiger partial charge in [0.2, 0.25) is 0 Å². The first-order chi connectivity index (χ1) is 12.7. The normalized spacial score (nSPS) is 13.6. The first-order valence-corrected chi connectivity index (χ1v) is 8.41. The Bertz CT molecular complexity index is 970. The van der Waals surface area contributed by atoms with E-state index in [2.05, 4.69) is 32.1 Å². The average molecular weight is 350 g/mol. The molecule has 0 radical (unpaired) electrons. The highest BCUT2D eigenvalue weighted by Crippen LogP contribution is 2.38. The Kier molecular flexibility index (Phi) is 4.08. The summed E-state index contributed by atoms with van der Waals surface area (Å²) >= 11 is 0. The maximum atomic E-state index is 12.2. The van der Waals surface area contributed by atoms with Gasteiger partial charge in [-0.1, -0.05) is 11.2 Å². The molecule has 8 heteroatoms. The van der Waals surface area contributed by atoms with Gasteiger partial charge in [0.05, 0.1) is 17.5 Å². The molecule has 3 heterocycles. The van der Waals surface area contributed by atoms with Crippen molar-refractivity contribution < 1.29 is 9.32 Å². The Hall–Kier alpha value is -3.29. The number of nitrogens with one attached hydrogen (secondary N) is 1. The van der Waals surface area contributed by atoms with Crippen molar-refractivity contribution in [2.45, 2.75) is 25.7 Å². The minimum atomic E-state index is -0.198. The van der Waals surface area contributed by atoms with Crippen LogP contribution in [0.3, 0.4) is 0 Å². The summed E-state index contributed by atoms with van der Waals surface area (Å²) in [5.41, 5.74) is 1.95. The van der Waals surface area contributed by atoms with Crippen molar-refractivity contribution in [3.8, 4) is 17.3 Å². The lowest BCUT2D eigenvalue weighted by atomic mass is 10.2. The van der Waals surface area contributed by atoms with Gasteiger partial charge < -0.3 is 9.84 Å². The van der Waals surface area contributed by atoms with E-state index in [1.807, 2.05) is 19.1 Å². The molecule has 1 fully saturated rings. The van der Waals surface area contributed by atoms with Crippen molar-refractivity contribution in [3.63, 3.8) is 0 Å². The zero-order valence-corrected chi connectivity index (χ0v) is 14.3. The average Bonchev–Trinajstić information content (AvgIpc) is 3.26. The highest BCUT2D eigenvalue weighted by molar-refractivity contribution is 5.95. The molecule has 0 saturated heterocycles. The Morgan fingerprint density at radius 3 is 3.12 bits per heavy atom. The third-order valence-electron chi connectivity index (χ3n) is 4.26. The molecule has 1 aliphatic rings. The summed E-state index contributed by atoms with van der Waals surface area (Å²) in [5, 5.41) is 11.1. The summed E-state index contributed by atoms with van der Waals surface area (Å²) in [6, 6.07) is 3.62. The standard InChI is InChI=1S/C18H18N6O2/c1-3-7-20-17(25)14-10-21-24(11(14)2)15-9-13(6-8-19-15)18-22-16(23-26-18)12-4-5-12/h3,6,8-10,12H,1,4-5,7H2,2H3,(H,20,25). The minimum Gasteiger partial charge on any atom is -0.348 e. The molecule has 0 aromatic carbocycles. The minimum absolute atomic E-state index is 0.198. The van der Waals surface area contributed by atoms with Crippen LogP contribution in [0.1, 0.15) is 40.6 Å². The molecule has 0 spiro atoms. The predicted octanol–water partition coefficient (Wildman–Crippen LogP) is 2.42. The maximum Gasteiger partial charge on any atom is 0.258 e. The Morgan fingerprint density at radius 2 is 2.35 bits per heavy atom. The van der Waals surface area contributed by atoms with Gasteiger partial charge in [0, 0.05) is 24.2 Å². The Balaban J connectivity index is 1.63. The lowest BCUT2D eigenvalue weighted by molar-refractivity contribution is 0.0957. The number of carbonyl (C=O) groups is 1. The van der Waals surface area contributed by atoms with Crippen molar-refractivity contribution in [2.75, 3.05) is 6.54 Å². The summed E-state index contributed by atoms with van der Waals surface area (Å²) in [6.07, 6.45) is 7.04. The molecule has 0 atom stereocenters. The summed E-state index contributed by atoms with van der Waals surface area (Å²) in [6.45, 7) is 5.81. The van der Waals surface area contributed by atoms with Gasteiger partial charge in [0.15, 0.2) is 11.6 Å². The predicted molar refractivity (Wildman–Crippen MR) is 93.9 cm³/mol. The number of aromatic nitrogens is 5. The van der Waals surface area contributed by atoms with Crippen LogP contribution in [-0.2, 0) is 0 Å². The molecule has 3 aromatic rings. The van der Waals surface area contributed by atoms with E-state index in [9.17, 15) is 4.79 Å². The fourth-order valence-electron chi connectivity index (χ4n) is 2.65. The van der Waals surface area contributed by atoms with E-state index in [0.717, 1.165) is 24.2 Å². The van der Waals surface area contributed by atoms with Crippen LogP contribution in [0.25, 0.3) is 17.3 Å². The SMILES string of the molecule is C=CCNC(=O)c1cnn(-c2cc(-c3nc(C4CC4)no3)ccn2)c1C. The van der Waals surface area contributed by atoms with Crippen LogP contribution in [0.5, 0.6) is 0 Å². The van der Waals surface area contributed by atoms with Gasteiger partial charge in [-0.05, 0) is 31.9 Å². The lowest BCUT2D eigenvalue weighted by Gasteiger charge is -2.05. The van der Waals surface area contributed by atoms with Crippen LogP contribution < -0.4 is 5.32 Å². The molecule has 8 nitrogen and oxygen atoms in total. The van der Waals surface area contributed by atoms with Gasteiger partial charge in [0.1, 0.15) is 0 Å². The molecule has 26 heavy (non-hydrogen) atoms. The smallest absolute Gasteiger partial charge is 0.258 e. The topological polar surface area (TPSA) is 98.7 Å². The summed E-state index contributed by atoms with van der Waals surface area (Å²) in [5.74, 6) is 2.03. The number of pyridine rings is 1. The summed E-state index contributed by atoms with van der Waals surface area (Å²) in [4.78, 5) is 21.0.